The molecule has 11 bridgehead atoms. The van der Waals surface area contributed by atoms with Gasteiger partial charge in [-0.3, -0.25) is 43.2 Å². The van der Waals surface area contributed by atoms with Gasteiger partial charge in [-0.05, 0) is 128 Å². The minimum absolute atomic E-state index is 0.0485. The Morgan fingerprint density at radius 3 is 1.87 bits per heavy atom. The van der Waals surface area contributed by atoms with Crippen molar-refractivity contribution in [3.05, 3.63) is 122 Å². The van der Waals surface area contributed by atoms with Crippen LogP contribution >= 0.6 is 23.2 Å². The number of carbonyl (C=O) groups excluding carboxylic acids is 9. The molecular formula is C82H104Cl2N12O28. The van der Waals surface area contributed by atoms with Gasteiger partial charge in [-0.2, -0.15) is 0 Å². The maximum absolute atomic E-state index is 16.3. The fourth-order valence-corrected chi connectivity index (χ4v) is 15.5. The Hall–Kier alpha value is -10.4. The summed E-state index contributed by atoms with van der Waals surface area (Å²) in [6, 6.07) is -0.0194. The highest BCUT2D eigenvalue weighted by atomic mass is 35.5. The number of benzene rings is 5. The maximum Gasteiger partial charge on any atom is 0.292 e. The molecule has 0 spiro atoms. The average Bonchev–Trinajstić information content (AvgIpc) is 0.768. The van der Waals surface area contributed by atoms with Crippen molar-refractivity contribution in [1.82, 2.24) is 47.9 Å². The molecule has 8 aliphatic heterocycles. The van der Waals surface area contributed by atoms with Gasteiger partial charge in [-0.15, -0.1) is 0 Å². The molecule has 40 nitrogen and oxygen atoms in total. The summed E-state index contributed by atoms with van der Waals surface area (Å²) in [6.45, 7) is 8.45. The summed E-state index contributed by atoms with van der Waals surface area (Å²) < 4.78 is 56.3. The van der Waals surface area contributed by atoms with E-state index >= 15 is 19.2 Å². The fourth-order valence-electron chi connectivity index (χ4n) is 15.1. The number of primary amides is 1. The number of hydrogen-bond acceptors (Lipinski definition) is 30. The topological polar surface area (TPSA) is 605 Å². The van der Waals surface area contributed by atoms with E-state index in [1.165, 1.54) is 45.3 Å². The number of hydrogen-bond donors (Lipinski definition) is 20. The van der Waals surface area contributed by atoms with Crippen molar-refractivity contribution >= 4 is 82.6 Å². The number of likely N-dealkylation sites (N-methyl/N-ethyl adjacent to an activating group) is 1. The van der Waals surface area contributed by atoms with Gasteiger partial charge in [-0.25, -0.2) is 4.74 Å². The van der Waals surface area contributed by atoms with Crippen molar-refractivity contribution < 1.29 is 136 Å². The van der Waals surface area contributed by atoms with E-state index in [2.05, 4.69) is 47.9 Å². The molecule has 19 atom stereocenters. The van der Waals surface area contributed by atoms with E-state index in [0.29, 0.717) is 37.2 Å². The molecule has 9 amide bonds. The van der Waals surface area contributed by atoms with Crippen LogP contribution in [-0.2, 0) is 71.6 Å². The average molecular weight is 1780 g/mol. The second-order valence-electron chi connectivity index (χ2n) is 31.8. The van der Waals surface area contributed by atoms with E-state index in [9.17, 15) is 75.1 Å². The van der Waals surface area contributed by atoms with Gasteiger partial charge in [-0.1, -0.05) is 55.2 Å². The van der Waals surface area contributed by atoms with Crippen molar-refractivity contribution in [2.24, 2.45) is 17.4 Å². The molecule has 0 aromatic heterocycles. The van der Waals surface area contributed by atoms with Gasteiger partial charge >= 0.3 is 0 Å². The molecule has 42 heteroatoms. The SMILES string of the molecule is CN[C@H](CC(C)C)C(=O)N[C@H]1C(=O)N[C@@H](CC(N)=O)C(=O)N[C@H]2C(=O)N[C@H]3C(=O)N[C@H](C(=O)N[C@H](C(=O)NCCCOCCOCCOCCCNC(=O)C4(C)CCC=[N+]4[O-])c4cc(O)cc(O)c4-c4cc3ccc4O)[C@H](O)c3ccc(c(Cl)c3)Oc3cc2cc(c3O[C@@H]2O[C@H](CO)[C@@H](O)[C@H](O)[C@H]2O[C@H]2C[C@](C)(N)[C@H](O)[C@H](C)O2)Oc2ccc(cc2Cl)[C@H]1O. The van der Waals surface area contributed by atoms with Crippen LogP contribution in [0.4, 0.5) is 0 Å². The molecule has 8 heterocycles. The first-order valence-electron chi connectivity index (χ1n) is 40.2. The van der Waals surface area contributed by atoms with E-state index in [1.54, 1.807) is 6.92 Å². The summed E-state index contributed by atoms with van der Waals surface area (Å²) >= 11 is 14.3. The predicted octanol–water partition coefficient (Wildman–Crippen LogP) is 0.218. The van der Waals surface area contributed by atoms with Crippen LogP contribution in [0.25, 0.3) is 11.1 Å². The van der Waals surface area contributed by atoms with Gasteiger partial charge in [0.05, 0.1) is 67.8 Å². The second-order valence-corrected chi connectivity index (χ2v) is 32.6. The van der Waals surface area contributed by atoms with Crippen LogP contribution in [0, 0.1) is 11.1 Å². The number of halogens is 2. The molecule has 5 aromatic carbocycles. The zero-order valence-corrected chi connectivity index (χ0v) is 69.9. The number of aliphatic hydroxyl groups excluding tert-OH is 6. The third kappa shape index (κ3) is 22.1. The lowest BCUT2D eigenvalue weighted by molar-refractivity contribution is -0.514. The quantitative estimate of drug-likeness (QED) is 0.0181. The van der Waals surface area contributed by atoms with Crippen LogP contribution < -0.4 is 73.5 Å². The molecule has 124 heavy (non-hydrogen) atoms. The number of phenolic OH excluding ortho intramolecular Hbond substituents is 3. The zero-order valence-electron chi connectivity index (χ0n) is 68.4. The predicted molar refractivity (Wildman–Crippen MR) is 437 cm³/mol. The van der Waals surface area contributed by atoms with Crippen LogP contribution in [0.2, 0.25) is 10.0 Å². The highest BCUT2D eigenvalue weighted by Crippen LogP contribution is 2.50. The number of nitrogens with one attached hydrogen (secondary N) is 9. The molecular weight excluding hydrogens is 1670 g/mol. The number of carbonyl (C=O) groups is 9. The Morgan fingerprint density at radius 1 is 0.685 bits per heavy atom. The number of aromatic hydroxyl groups is 3. The van der Waals surface area contributed by atoms with E-state index < -0.39 is 243 Å². The molecule has 13 rings (SSSR count). The number of nitrogens with two attached hydrogens (primary N) is 2. The number of phenols is 3. The van der Waals surface area contributed by atoms with Crippen LogP contribution in [0.1, 0.15) is 138 Å². The number of rotatable bonds is 28. The summed E-state index contributed by atoms with van der Waals surface area (Å²) in [5, 5.41) is 140. The van der Waals surface area contributed by atoms with Crippen molar-refractivity contribution in [3.63, 3.8) is 0 Å². The molecule has 0 aliphatic carbocycles. The van der Waals surface area contributed by atoms with Crippen molar-refractivity contribution in [2.45, 2.75) is 194 Å². The summed E-state index contributed by atoms with van der Waals surface area (Å²) in [6.07, 6.45) is -15.7. The standard InChI is InChI=1S/C82H104Cl2N12O28/c1-37(2)26-48(87-6)72(107)94-63-65(102)40-11-14-52(46(83)28-40)120-54-30-42-31-55(69(54)124-79-70(68(105)67(104)56(36-97)122-79)123-58-35-81(4,86)71(106)38(3)119-58)121-53-15-12-41(29-47(53)84)66(103)64-78(113)93-62(74(109)88-17-8-20-116-22-24-118-25-23-117-21-9-18-89-80(114)82(5)16-7-19-96(82)115)45-32-43(98)33-51(100)59(45)44-27-39(10-13-50(44)99)60(75(110)95-64)92-76(111)61(42)91-73(108)49(34-57(85)101)90-77(63)112/h10-15,19,27-33,37-38,48-49,56,58,60-68,70-71,79,87,97-100,102-106H,7-9,16-18,20-26,34-36,86H2,1-6H3,(H2,85,101)(H,88,109)(H,89,114)(H,90,112)(H,91,108)(H,92,111)(H,93,113)(H,94,107)(H,95,110)/t38-,48+,49-,56+,58-,60+,61+,62-,63+,64-,65+,66+,67+,68-,70+,71+,79-,81-,82?/m0/s1. The molecule has 0 radical (unpaired) electrons. The Bertz CT molecular complexity index is 4800. The Balaban J connectivity index is 0.988. The summed E-state index contributed by atoms with van der Waals surface area (Å²) in [7, 11) is 1.47. The third-order valence-corrected chi connectivity index (χ3v) is 22.5. The lowest BCUT2D eigenvalue weighted by Gasteiger charge is -2.47. The molecule has 0 saturated carbocycles. The lowest BCUT2D eigenvalue weighted by atomic mass is 9.86. The molecule has 8 aliphatic rings. The van der Waals surface area contributed by atoms with Crippen LogP contribution in [0.15, 0.2) is 78.9 Å². The maximum atomic E-state index is 16.3. The normalized spacial score (nSPS) is 27.9. The zero-order chi connectivity index (χ0) is 89.9. The Labute approximate surface area is 720 Å². The van der Waals surface area contributed by atoms with E-state index in [-0.39, 0.29) is 98.1 Å². The molecule has 22 N–H and O–H groups in total. The molecule has 1 unspecified atom stereocenters. The van der Waals surface area contributed by atoms with Crippen molar-refractivity contribution in [2.75, 3.05) is 66.4 Å². The summed E-state index contributed by atoms with van der Waals surface area (Å²) in [4.78, 5) is 133. The minimum Gasteiger partial charge on any atom is -0.623 e. The molecule has 5 aromatic rings. The number of fused-ring (bicyclic) bond motifs is 15. The summed E-state index contributed by atoms with van der Waals surface area (Å²) in [5.74, 6) is -15.3. The van der Waals surface area contributed by atoms with Crippen LogP contribution in [0.5, 0.6) is 46.0 Å². The van der Waals surface area contributed by atoms with Gasteiger partial charge in [0.25, 0.3) is 5.91 Å². The number of aliphatic hydroxyl groups is 6. The smallest absolute Gasteiger partial charge is 0.292 e. The van der Waals surface area contributed by atoms with E-state index in [0.717, 1.165) is 60.7 Å². The third-order valence-electron chi connectivity index (χ3n) is 21.9. The van der Waals surface area contributed by atoms with Gasteiger partial charge < -0.3 is 153 Å². The molecule has 2 fully saturated rings. The van der Waals surface area contributed by atoms with Gasteiger partial charge in [0.2, 0.25) is 64.8 Å². The highest BCUT2D eigenvalue weighted by molar-refractivity contribution is 6.32. The molecule has 2 saturated heterocycles. The largest absolute Gasteiger partial charge is 0.623 e. The molecule has 674 valence electrons. The fraction of sp³-hybridized carbons (Fsp3) is 0.512. The van der Waals surface area contributed by atoms with E-state index in [1.807, 2.05) is 13.8 Å². The number of amides is 9. The Kier molecular flexibility index (Phi) is 31.3. The monoisotopic (exact) mass is 1770 g/mol. The van der Waals surface area contributed by atoms with E-state index in [4.69, 9.17) is 77.3 Å². The number of hydroxylamine groups is 1. The number of ether oxygens (including phenoxy) is 9. The lowest BCUT2D eigenvalue weighted by Crippen LogP contribution is -2.64. The van der Waals surface area contributed by atoms with Gasteiger partial charge in [0, 0.05) is 75.2 Å². The minimum atomic E-state index is -2.36. The second kappa shape index (κ2) is 41.2. The first-order valence-corrected chi connectivity index (χ1v) is 41.0. The van der Waals surface area contributed by atoms with Crippen LogP contribution in [-0.4, -0.2) is 261 Å². The number of nitrogens with zero attached hydrogens (tertiary/aromatic N) is 1. The first-order chi connectivity index (χ1) is 58.9. The highest BCUT2D eigenvalue weighted by Gasteiger charge is 2.52. The van der Waals surface area contributed by atoms with Gasteiger partial charge in [0.15, 0.2) is 30.1 Å². The summed E-state index contributed by atoms with van der Waals surface area (Å²) in [5.41, 5.74) is 7.29. The van der Waals surface area contributed by atoms with Gasteiger partial charge in [0.1, 0.15) is 95.5 Å². The Morgan fingerprint density at radius 2 is 1.28 bits per heavy atom. The van der Waals surface area contributed by atoms with Crippen molar-refractivity contribution in [1.29, 1.82) is 0 Å². The van der Waals surface area contributed by atoms with Crippen molar-refractivity contribution in [3.8, 4) is 57.1 Å². The first kappa shape index (κ1) is 94.3. The van der Waals surface area contributed by atoms with Crippen LogP contribution in [0.3, 0.4) is 0 Å².